The fourth-order valence-electron chi connectivity index (χ4n) is 2.44. The number of carboxylic acid groups (broad SMARTS) is 1. The molecule has 9 heteroatoms. The highest BCUT2D eigenvalue weighted by Gasteiger charge is 2.37. The minimum absolute atomic E-state index is 0.188. The lowest BCUT2D eigenvalue weighted by Crippen LogP contribution is -2.49. The summed E-state index contributed by atoms with van der Waals surface area (Å²) in [6.45, 7) is 2.22. The highest BCUT2D eigenvalue weighted by Crippen LogP contribution is 2.22. The van der Waals surface area contributed by atoms with Gasteiger partial charge in [0.15, 0.2) is 5.82 Å². The lowest BCUT2D eigenvalue weighted by Gasteiger charge is -2.31. The van der Waals surface area contributed by atoms with Gasteiger partial charge in [0, 0.05) is 18.3 Å². The Bertz CT molecular complexity index is 598. The Morgan fingerprint density at radius 2 is 2.33 bits per heavy atom. The van der Waals surface area contributed by atoms with E-state index in [9.17, 15) is 13.2 Å². The number of rotatable bonds is 6. The molecule has 0 saturated carbocycles. The summed E-state index contributed by atoms with van der Waals surface area (Å²) in [5.41, 5.74) is 0.837. The van der Waals surface area contributed by atoms with Crippen molar-refractivity contribution in [3.63, 3.8) is 0 Å². The minimum atomic E-state index is -3.91. The molecule has 1 aliphatic rings. The highest BCUT2D eigenvalue weighted by molar-refractivity contribution is 7.90. The van der Waals surface area contributed by atoms with Crippen molar-refractivity contribution >= 4 is 22.0 Å². The molecule has 21 heavy (non-hydrogen) atoms. The van der Waals surface area contributed by atoms with Crippen LogP contribution in [0.25, 0.3) is 0 Å². The van der Waals surface area contributed by atoms with E-state index in [1.54, 1.807) is 6.07 Å². The number of hydrogen-bond donors (Lipinski definition) is 3. The topological polar surface area (TPSA) is 115 Å². The van der Waals surface area contributed by atoms with Crippen LogP contribution in [0.5, 0.6) is 0 Å². The van der Waals surface area contributed by atoms with E-state index in [4.69, 9.17) is 5.11 Å². The molecule has 0 aliphatic carbocycles. The van der Waals surface area contributed by atoms with Gasteiger partial charge in [-0.1, -0.05) is 13.3 Å². The number of aliphatic carboxylic acids is 1. The van der Waals surface area contributed by atoms with Gasteiger partial charge in [-0.25, -0.2) is 0 Å². The van der Waals surface area contributed by atoms with Crippen LogP contribution in [0.2, 0.25) is 0 Å². The van der Waals surface area contributed by atoms with Crippen LogP contribution >= 0.6 is 0 Å². The molecule has 118 valence electrons. The molecule has 1 unspecified atom stereocenters. The fraction of sp³-hybridized carbons (Fsp3) is 0.667. The second-order valence-electron chi connectivity index (χ2n) is 5.10. The summed E-state index contributed by atoms with van der Waals surface area (Å²) in [5.74, 6) is -0.929. The second kappa shape index (κ2) is 6.44. The summed E-state index contributed by atoms with van der Waals surface area (Å²) in [6.07, 6.45) is 3.40. The zero-order valence-electron chi connectivity index (χ0n) is 11.9. The molecule has 0 amide bonds. The van der Waals surface area contributed by atoms with E-state index in [-0.39, 0.29) is 12.4 Å². The van der Waals surface area contributed by atoms with Crippen molar-refractivity contribution in [1.29, 1.82) is 0 Å². The van der Waals surface area contributed by atoms with Crippen LogP contribution in [0.1, 0.15) is 38.3 Å². The van der Waals surface area contributed by atoms with E-state index in [1.807, 2.05) is 6.92 Å². The third-order valence-electron chi connectivity index (χ3n) is 3.43. The van der Waals surface area contributed by atoms with Crippen molar-refractivity contribution in [3.8, 4) is 0 Å². The van der Waals surface area contributed by atoms with Gasteiger partial charge in [0.25, 0.3) is 0 Å². The van der Waals surface area contributed by atoms with Gasteiger partial charge in [0.05, 0.1) is 0 Å². The number of piperidine rings is 1. The number of carboxylic acids is 1. The molecule has 1 aromatic heterocycles. The van der Waals surface area contributed by atoms with Crippen LogP contribution in [0, 0.1) is 0 Å². The van der Waals surface area contributed by atoms with Crippen LogP contribution in [0.3, 0.4) is 0 Å². The average molecular weight is 316 g/mol. The first-order valence-electron chi connectivity index (χ1n) is 7.00. The molecule has 0 radical (unpaired) electrons. The number of nitrogens with one attached hydrogen (secondary N) is 2. The molecule has 1 aromatic rings. The van der Waals surface area contributed by atoms with E-state index in [2.05, 4.69) is 14.9 Å². The first kappa shape index (κ1) is 15.8. The molecule has 8 nitrogen and oxygen atoms in total. The molecule has 2 rings (SSSR count). The Labute approximate surface area is 123 Å². The fourth-order valence-corrected chi connectivity index (χ4v) is 3.83. The van der Waals surface area contributed by atoms with Gasteiger partial charge in [0.1, 0.15) is 6.04 Å². The quantitative estimate of drug-likeness (QED) is 0.723. The lowest BCUT2D eigenvalue weighted by molar-refractivity contribution is -0.142. The van der Waals surface area contributed by atoms with Crippen LogP contribution in [0.15, 0.2) is 6.07 Å². The van der Waals surface area contributed by atoms with Crippen molar-refractivity contribution in [2.75, 3.05) is 11.3 Å². The summed E-state index contributed by atoms with van der Waals surface area (Å²) in [7, 11) is -3.91. The molecule has 0 aromatic carbocycles. The first-order chi connectivity index (χ1) is 9.94. The van der Waals surface area contributed by atoms with Crippen LogP contribution in [-0.4, -0.2) is 46.6 Å². The summed E-state index contributed by atoms with van der Waals surface area (Å²) in [5, 5.41) is 15.8. The summed E-state index contributed by atoms with van der Waals surface area (Å²) >= 11 is 0. The van der Waals surface area contributed by atoms with Crippen LogP contribution < -0.4 is 4.72 Å². The Morgan fingerprint density at radius 1 is 1.57 bits per heavy atom. The summed E-state index contributed by atoms with van der Waals surface area (Å²) in [4.78, 5) is 11.2. The van der Waals surface area contributed by atoms with Gasteiger partial charge in [-0.2, -0.15) is 17.8 Å². The van der Waals surface area contributed by atoms with Crippen LogP contribution in [-0.2, 0) is 21.4 Å². The Kier molecular flexibility index (Phi) is 4.84. The van der Waals surface area contributed by atoms with E-state index in [0.29, 0.717) is 19.3 Å². The monoisotopic (exact) mass is 316 g/mol. The molecule has 1 fully saturated rings. The lowest BCUT2D eigenvalue weighted by atomic mass is 10.1. The maximum absolute atomic E-state index is 12.3. The number of nitrogens with zero attached hydrogens (tertiary/aromatic N) is 2. The number of H-pyrrole nitrogens is 1. The number of aryl methyl sites for hydroxylation is 1. The largest absolute Gasteiger partial charge is 0.480 e. The standard InChI is InChI=1S/C12H20N4O4S/c1-2-5-9-8-11(14-13-9)15-21(19,20)16-7-4-3-6-10(16)12(17)18/h8,10H,2-7H2,1H3,(H,17,18)(H2,13,14,15). The molecular formula is C12H20N4O4S. The number of anilines is 1. The zero-order chi connectivity index (χ0) is 15.5. The third kappa shape index (κ3) is 3.73. The van der Waals surface area contributed by atoms with E-state index in [1.165, 1.54) is 0 Å². The maximum Gasteiger partial charge on any atom is 0.322 e. The van der Waals surface area contributed by atoms with Gasteiger partial charge in [0.2, 0.25) is 0 Å². The third-order valence-corrected chi connectivity index (χ3v) is 4.95. The number of hydrogen-bond acceptors (Lipinski definition) is 4. The number of aromatic nitrogens is 2. The Morgan fingerprint density at radius 3 is 3.00 bits per heavy atom. The van der Waals surface area contributed by atoms with E-state index < -0.39 is 22.2 Å². The molecule has 1 aliphatic heterocycles. The van der Waals surface area contributed by atoms with Crippen molar-refractivity contribution in [2.45, 2.75) is 45.1 Å². The van der Waals surface area contributed by atoms with Gasteiger partial charge in [-0.15, -0.1) is 0 Å². The summed E-state index contributed by atoms with van der Waals surface area (Å²) in [6, 6.07) is 0.617. The van der Waals surface area contributed by atoms with Gasteiger partial charge >= 0.3 is 16.2 Å². The molecular weight excluding hydrogens is 296 g/mol. The van der Waals surface area contributed by atoms with Gasteiger partial charge in [-0.3, -0.25) is 14.6 Å². The predicted octanol–water partition coefficient (Wildman–Crippen LogP) is 0.958. The van der Waals surface area contributed by atoms with Gasteiger partial charge in [-0.05, 0) is 25.7 Å². The molecule has 0 bridgehead atoms. The minimum Gasteiger partial charge on any atom is -0.480 e. The van der Waals surface area contributed by atoms with Crippen LogP contribution in [0.4, 0.5) is 5.82 Å². The van der Waals surface area contributed by atoms with Crippen molar-refractivity contribution in [3.05, 3.63) is 11.8 Å². The Balaban J connectivity index is 2.14. The zero-order valence-corrected chi connectivity index (χ0v) is 12.7. The number of aromatic amines is 1. The number of carbonyl (C=O) groups is 1. The first-order valence-corrected chi connectivity index (χ1v) is 8.44. The van der Waals surface area contributed by atoms with Crippen molar-refractivity contribution in [1.82, 2.24) is 14.5 Å². The SMILES string of the molecule is CCCc1cc(NS(=O)(=O)N2CCCCC2C(=O)O)n[nH]1. The molecule has 1 atom stereocenters. The average Bonchev–Trinajstić information content (AvgIpc) is 2.86. The molecule has 0 spiro atoms. The highest BCUT2D eigenvalue weighted by atomic mass is 32.2. The predicted molar refractivity (Wildman–Crippen MR) is 77.1 cm³/mol. The molecule has 2 heterocycles. The van der Waals surface area contributed by atoms with Crippen molar-refractivity contribution < 1.29 is 18.3 Å². The summed E-state index contributed by atoms with van der Waals surface area (Å²) < 4.78 is 28.0. The van der Waals surface area contributed by atoms with E-state index >= 15 is 0 Å². The Hall–Kier alpha value is -1.61. The maximum atomic E-state index is 12.3. The smallest absolute Gasteiger partial charge is 0.322 e. The van der Waals surface area contributed by atoms with Gasteiger partial charge < -0.3 is 5.11 Å². The normalized spacial score (nSPS) is 20.3. The molecule has 3 N–H and O–H groups in total. The van der Waals surface area contributed by atoms with E-state index in [0.717, 1.165) is 22.8 Å². The molecule has 1 saturated heterocycles. The second-order valence-corrected chi connectivity index (χ2v) is 6.72. The van der Waals surface area contributed by atoms with Crippen molar-refractivity contribution in [2.24, 2.45) is 0 Å².